The van der Waals surface area contributed by atoms with E-state index in [9.17, 15) is 9.18 Å². The number of rotatable bonds is 5. The quantitative estimate of drug-likeness (QED) is 0.753. The molecule has 0 spiro atoms. The van der Waals surface area contributed by atoms with Crippen LogP contribution in [-0.4, -0.2) is 30.1 Å². The van der Waals surface area contributed by atoms with Crippen molar-refractivity contribution >= 4 is 11.7 Å². The van der Waals surface area contributed by atoms with Crippen LogP contribution in [0.25, 0.3) is 0 Å². The Kier molecular flexibility index (Phi) is 4.84. The molecule has 0 saturated carbocycles. The van der Waals surface area contributed by atoms with Crippen molar-refractivity contribution in [1.82, 2.24) is 10.3 Å². The van der Waals surface area contributed by atoms with Gasteiger partial charge < -0.3 is 15.8 Å². The van der Waals surface area contributed by atoms with Crippen molar-refractivity contribution < 1.29 is 13.9 Å². The number of nitrogens with two attached hydrogens (primary N) is 1. The van der Waals surface area contributed by atoms with Crippen LogP contribution >= 0.6 is 0 Å². The standard InChI is InChI=1S/C11H16FN3O2/c1-7(2)17-4-3-14-11(16)9-5-8(12)6-15-10(9)13/h5-7H,3-4H2,1-2H3,(H2,13,15)(H,14,16). The van der Waals surface area contributed by atoms with E-state index < -0.39 is 11.7 Å². The summed E-state index contributed by atoms with van der Waals surface area (Å²) in [6.45, 7) is 4.53. The molecule has 0 aliphatic carbocycles. The number of carbonyl (C=O) groups is 1. The molecule has 0 radical (unpaired) electrons. The first-order valence-corrected chi connectivity index (χ1v) is 5.31. The largest absolute Gasteiger partial charge is 0.383 e. The molecule has 1 aromatic heterocycles. The van der Waals surface area contributed by atoms with E-state index in [2.05, 4.69) is 10.3 Å². The van der Waals surface area contributed by atoms with E-state index in [1.54, 1.807) is 0 Å². The smallest absolute Gasteiger partial charge is 0.255 e. The molecule has 0 unspecified atom stereocenters. The summed E-state index contributed by atoms with van der Waals surface area (Å²) in [5.41, 5.74) is 5.51. The third kappa shape index (κ3) is 4.36. The maximum atomic E-state index is 12.9. The van der Waals surface area contributed by atoms with E-state index in [-0.39, 0.29) is 17.5 Å². The van der Waals surface area contributed by atoms with Gasteiger partial charge in [0.25, 0.3) is 5.91 Å². The Morgan fingerprint density at radius 3 is 3.00 bits per heavy atom. The fraction of sp³-hybridized carbons (Fsp3) is 0.455. The third-order valence-electron chi connectivity index (χ3n) is 1.97. The number of hydrogen-bond donors (Lipinski definition) is 2. The van der Waals surface area contributed by atoms with Gasteiger partial charge in [0.2, 0.25) is 0 Å². The van der Waals surface area contributed by atoms with Gasteiger partial charge in [-0.05, 0) is 19.9 Å². The molecule has 5 nitrogen and oxygen atoms in total. The van der Waals surface area contributed by atoms with Crippen molar-refractivity contribution in [1.29, 1.82) is 0 Å². The van der Waals surface area contributed by atoms with Gasteiger partial charge in [-0.3, -0.25) is 4.79 Å². The number of pyridine rings is 1. The molecule has 0 bridgehead atoms. The van der Waals surface area contributed by atoms with Gasteiger partial charge in [0, 0.05) is 6.54 Å². The minimum Gasteiger partial charge on any atom is -0.383 e. The molecule has 0 aromatic carbocycles. The van der Waals surface area contributed by atoms with Crippen LogP contribution in [0.2, 0.25) is 0 Å². The van der Waals surface area contributed by atoms with E-state index in [0.717, 1.165) is 12.3 Å². The zero-order chi connectivity index (χ0) is 12.8. The minimum atomic E-state index is -0.595. The fourth-order valence-electron chi connectivity index (χ4n) is 1.19. The van der Waals surface area contributed by atoms with E-state index in [0.29, 0.717) is 13.2 Å². The Bertz CT molecular complexity index is 396. The summed E-state index contributed by atoms with van der Waals surface area (Å²) in [4.78, 5) is 15.2. The highest BCUT2D eigenvalue weighted by Crippen LogP contribution is 2.09. The average Bonchev–Trinajstić information content (AvgIpc) is 2.27. The van der Waals surface area contributed by atoms with Crippen LogP contribution in [0.5, 0.6) is 0 Å². The van der Waals surface area contributed by atoms with Crippen LogP contribution in [0.4, 0.5) is 10.2 Å². The second kappa shape index (κ2) is 6.15. The molecule has 0 aliphatic rings. The van der Waals surface area contributed by atoms with Crippen molar-refractivity contribution in [2.24, 2.45) is 0 Å². The molecule has 3 N–H and O–H groups in total. The van der Waals surface area contributed by atoms with E-state index in [1.165, 1.54) is 0 Å². The van der Waals surface area contributed by atoms with E-state index in [1.807, 2.05) is 13.8 Å². The van der Waals surface area contributed by atoms with Gasteiger partial charge in [-0.1, -0.05) is 0 Å². The van der Waals surface area contributed by atoms with Crippen LogP contribution in [0.1, 0.15) is 24.2 Å². The molecule has 1 rings (SSSR count). The Morgan fingerprint density at radius 1 is 1.65 bits per heavy atom. The van der Waals surface area contributed by atoms with Crippen LogP contribution < -0.4 is 11.1 Å². The number of ether oxygens (including phenoxy) is 1. The lowest BCUT2D eigenvalue weighted by atomic mass is 10.2. The van der Waals surface area contributed by atoms with Crippen molar-refractivity contribution in [3.05, 3.63) is 23.6 Å². The highest BCUT2D eigenvalue weighted by molar-refractivity contribution is 5.98. The molecule has 0 fully saturated rings. The first-order chi connectivity index (χ1) is 8.00. The van der Waals surface area contributed by atoms with Gasteiger partial charge in [-0.25, -0.2) is 9.37 Å². The monoisotopic (exact) mass is 241 g/mol. The molecule has 0 saturated heterocycles. The fourth-order valence-corrected chi connectivity index (χ4v) is 1.19. The number of anilines is 1. The maximum absolute atomic E-state index is 12.9. The number of nitrogen functional groups attached to an aromatic ring is 1. The summed E-state index contributed by atoms with van der Waals surface area (Å²) in [5.74, 6) is -1.04. The van der Waals surface area contributed by atoms with Gasteiger partial charge in [0.05, 0.1) is 24.5 Å². The second-order valence-corrected chi connectivity index (χ2v) is 3.76. The number of hydrogen-bond acceptors (Lipinski definition) is 4. The number of aromatic nitrogens is 1. The molecular weight excluding hydrogens is 225 g/mol. The summed E-state index contributed by atoms with van der Waals surface area (Å²) >= 11 is 0. The summed E-state index contributed by atoms with van der Waals surface area (Å²) < 4.78 is 18.1. The Labute approximate surface area is 99.2 Å². The Hall–Kier alpha value is -1.69. The molecule has 94 valence electrons. The predicted molar refractivity (Wildman–Crippen MR) is 62.0 cm³/mol. The lowest BCUT2D eigenvalue weighted by Crippen LogP contribution is -2.29. The SMILES string of the molecule is CC(C)OCCNC(=O)c1cc(F)cnc1N. The molecule has 1 aromatic rings. The molecule has 6 heteroatoms. The molecule has 1 heterocycles. The predicted octanol–water partition coefficient (Wildman–Crippen LogP) is 0.958. The summed E-state index contributed by atoms with van der Waals surface area (Å²) in [5, 5.41) is 2.57. The van der Waals surface area contributed by atoms with Gasteiger partial charge in [0.1, 0.15) is 11.6 Å². The Morgan fingerprint density at radius 2 is 2.35 bits per heavy atom. The lowest BCUT2D eigenvalue weighted by molar-refractivity contribution is 0.0746. The number of nitrogens with zero attached hydrogens (tertiary/aromatic N) is 1. The van der Waals surface area contributed by atoms with Crippen molar-refractivity contribution in [2.45, 2.75) is 20.0 Å². The van der Waals surface area contributed by atoms with Crippen molar-refractivity contribution in [3.63, 3.8) is 0 Å². The third-order valence-corrected chi connectivity index (χ3v) is 1.97. The first-order valence-electron chi connectivity index (χ1n) is 5.31. The second-order valence-electron chi connectivity index (χ2n) is 3.76. The van der Waals surface area contributed by atoms with Crippen molar-refractivity contribution in [3.8, 4) is 0 Å². The highest BCUT2D eigenvalue weighted by Gasteiger charge is 2.11. The highest BCUT2D eigenvalue weighted by atomic mass is 19.1. The number of nitrogens with one attached hydrogen (secondary N) is 1. The summed E-state index contributed by atoms with van der Waals surface area (Å²) in [6.07, 6.45) is 1.07. The van der Waals surface area contributed by atoms with Crippen molar-refractivity contribution in [2.75, 3.05) is 18.9 Å². The normalized spacial score (nSPS) is 10.6. The number of amides is 1. The average molecular weight is 241 g/mol. The van der Waals surface area contributed by atoms with Gasteiger partial charge in [0.15, 0.2) is 0 Å². The molecule has 1 amide bonds. The first kappa shape index (κ1) is 13.4. The van der Waals surface area contributed by atoms with Gasteiger partial charge >= 0.3 is 0 Å². The lowest BCUT2D eigenvalue weighted by Gasteiger charge is -2.09. The molecule has 17 heavy (non-hydrogen) atoms. The number of carbonyl (C=O) groups excluding carboxylic acids is 1. The van der Waals surface area contributed by atoms with E-state index >= 15 is 0 Å². The maximum Gasteiger partial charge on any atom is 0.255 e. The van der Waals surface area contributed by atoms with Crippen LogP contribution in [0.15, 0.2) is 12.3 Å². The summed E-state index contributed by atoms with van der Waals surface area (Å²) in [7, 11) is 0. The molecular formula is C11H16FN3O2. The van der Waals surface area contributed by atoms with Crippen LogP contribution in [-0.2, 0) is 4.74 Å². The topological polar surface area (TPSA) is 77.2 Å². The number of halogens is 1. The molecule has 0 atom stereocenters. The summed E-state index contributed by atoms with van der Waals surface area (Å²) in [6, 6.07) is 1.06. The zero-order valence-corrected chi connectivity index (χ0v) is 9.87. The van der Waals surface area contributed by atoms with Crippen LogP contribution in [0.3, 0.4) is 0 Å². The van der Waals surface area contributed by atoms with Gasteiger partial charge in [-0.2, -0.15) is 0 Å². The Balaban J connectivity index is 2.49. The van der Waals surface area contributed by atoms with Crippen LogP contribution in [0, 0.1) is 5.82 Å². The molecule has 0 aliphatic heterocycles. The zero-order valence-electron chi connectivity index (χ0n) is 9.87. The minimum absolute atomic E-state index is 0.00804. The van der Waals surface area contributed by atoms with Gasteiger partial charge in [-0.15, -0.1) is 0 Å². The van der Waals surface area contributed by atoms with E-state index in [4.69, 9.17) is 10.5 Å².